The quantitative estimate of drug-likeness (QED) is 0.887. The van der Waals surface area contributed by atoms with Crippen LogP contribution in [0.3, 0.4) is 0 Å². The molecule has 21 heavy (non-hydrogen) atoms. The highest BCUT2D eigenvalue weighted by molar-refractivity contribution is 5.79. The molecule has 0 radical (unpaired) electrons. The fourth-order valence-corrected chi connectivity index (χ4v) is 2.03. The standard InChI is InChI=1S/C17H19NO3/c1-20-15-9-8-14(16(11-15)21-2)10-17(19)18-12-13-6-4-3-5-7-13/h3-9,11H,10,12H2,1-2H3,(H,18,19). The van der Waals surface area contributed by atoms with Gasteiger partial charge in [-0.1, -0.05) is 36.4 Å². The third kappa shape index (κ3) is 4.24. The number of amides is 1. The zero-order valence-corrected chi connectivity index (χ0v) is 12.3. The molecule has 2 aromatic rings. The Labute approximate surface area is 124 Å². The molecule has 0 fully saturated rings. The summed E-state index contributed by atoms with van der Waals surface area (Å²) in [4.78, 5) is 12.0. The van der Waals surface area contributed by atoms with Crippen LogP contribution in [0.5, 0.6) is 11.5 Å². The molecule has 0 bridgehead atoms. The van der Waals surface area contributed by atoms with Crippen molar-refractivity contribution in [2.75, 3.05) is 14.2 Å². The Morgan fingerprint density at radius 1 is 1.05 bits per heavy atom. The molecule has 0 saturated heterocycles. The lowest BCUT2D eigenvalue weighted by molar-refractivity contribution is -0.120. The second-order valence-electron chi connectivity index (χ2n) is 4.62. The van der Waals surface area contributed by atoms with Crippen LogP contribution < -0.4 is 14.8 Å². The molecule has 0 spiro atoms. The average Bonchev–Trinajstić information content (AvgIpc) is 2.54. The van der Waals surface area contributed by atoms with Gasteiger partial charge >= 0.3 is 0 Å². The van der Waals surface area contributed by atoms with Gasteiger partial charge in [-0.25, -0.2) is 0 Å². The lowest BCUT2D eigenvalue weighted by Crippen LogP contribution is -2.24. The van der Waals surface area contributed by atoms with Crippen LogP contribution >= 0.6 is 0 Å². The van der Waals surface area contributed by atoms with Gasteiger partial charge in [-0.3, -0.25) is 4.79 Å². The maximum atomic E-state index is 12.0. The van der Waals surface area contributed by atoms with Crippen LogP contribution in [0.15, 0.2) is 48.5 Å². The number of ether oxygens (including phenoxy) is 2. The van der Waals surface area contributed by atoms with Gasteiger partial charge in [0.2, 0.25) is 5.91 Å². The Balaban J connectivity index is 1.96. The van der Waals surface area contributed by atoms with Crippen LogP contribution in [-0.4, -0.2) is 20.1 Å². The van der Waals surface area contributed by atoms with E-state index in [0.717, 1.165) is 11.1 Å². The fourth-order valence-electron chi connectivity index (χ4n) is 2.03. The number of benzene rings is 2. The molecule has 2 aromatic carbocycles. The third-order valence-electron chi connectivity index (χ3n) is 3.18. The Kier molecular flexibility index (Phi) is 5.21. The minimum absolute atomic E-state index is 0.0395. The van der Waals surface area contributed by atoms with E-state index in [2.05, 4.69) is 5.32 Å². The molecular weight excluding hydrogens is 266 g/mol. The van der Waals surface area contributed by atoms with Crippen LogP contribution in [0.2, 0.25) is 0 Å². The predicted molar refractivity (Wildman–Crippen MR) is 81.5 cm³/mol. The molecule has 0 heterocycles. The van der Waals surface area contributed by atoms with Crippen LogP contribution in [0.1, 0.15) is 11.1 Å². The van der Waals surface area contributed by atoms with Gasteiger partial charge < -0.3 is 14.8 Å². The highest BCUT2D eigenvalue weighted by Gasteiger charge is 2.09. The van der Waals surface area contributed by atoms with E-state index in [0.29, 0.717) is 18.0 Å². The van der Waals surface area contributed by atoms with Crippen molar-refractivity contribution in [3.8, 4) is 11.5 Å². The first-order chi connectivity index (χ1) is 10.2. The van der Waals surface area contributed by atoms with Crippen molar-refractivity contribution in [1.82, 2.24) is 5.32 Å². The van der Waals surface area contributed by atoms with Gasteiger partial charge in [0.25, 0.3) is 0 Å². The van der Waals surface area contributed by atoms with E-state index < -0.39 is 0 Å². The predicted octanol–water partition coefficient (Wildman–Crippen LogP) is 2.56. The molecule has 0 atom stereocenters. The molecule has 0 aliphatic heterocycles. The van der Waals surface area contributed by atoms with E-state index in [-0.39, 0.29) is 12.3 Å². The Morgan fingerprint density at radius 2 is 1.81 bits per heavy atom. The highest BCUT2D eigenvalue weighted by atomic mass is 16.5. The number of carbonyl (C=O) groups is 1. The zero-order valence-electron chi connectivity index (χ0n) is 12.3. The minimum atomic E-state index is -0.0395. The molecule has 1 amide bonds. The first-order valence-electron chi connectivity index (χ1n) is 6.74. The van der Waals surface area contributed by atoms with Gasteiger partial charge in [-0.2, -0.15) is 0 Å². The number of methoxy groups -OCH3 is 2. The van der Waals surface area contributed by atoms with Crippen molar-refractivity contribution < 1.29 is 14.3 Å². The van der Waals surface area contributed by atoms with Crippen LogP contribution in [-0.2, 0) is 17.8 Å². The molecule has 1 N–H and O–H groups in total. The number of nitrogens with one attached hydrogen (secondary N) is 1. The van der Waals surface area contributed by atoms with Crippen molar-refractivity contribution in [2.24, 2.45) is 0 Å². The Bertz CT molecular complexity index is 596. The van der Waals surface area contributed by atoms with E-state index in [1.54, 1.807) is 20.3 Å². The first kappa shape index (κ1) is 14.9. The number of rotatable bonds is 6. The van der Waals surface area contributed by atoms with E-state index in [1.165, 1.54) is 0 Å². The van der Waals surface area contributed by atoms with Crippen molar-refractivity contribution in [2.45, 2.75) is 13.0 Å². The second kappa shape index (κ2) is 7.33. The van der Waals surface area contributed by atoms with Crippen LogP contribution in [0, 0.1) is 0 Å². The monoisotopic (exact) mass is 285 g/mol. The number of carbonyl (C=O) groups excluding carboxylic acids is 1. The van der Waals surface area contributed by atoms with Crippen molar-refractivity contribution in [1.29, 1.82) is 0 Å². The van der Waals surface area contributed by atoms with E-state index in [1.807, 2.05) is 42.5 Å². The van der Waals surface area contributed by atoms with Crippen molar-refractivity contribution in [3.63, 3.8) is 0 Å². The normalized spacial score (nSPS) is 10.0. The molecule has 110 valence electrons. The highest BCUT2D eigenvalue weighted by Crippen LogP contribution is 2.24. The summed E-state index contributed by atoms with van der Waals surface area (Å²) in [6, 6.07) is 15.3. The summed E-state index contributed by atoms with van der Waals surface area (Å²) in [5.74, 6) is 1.33. The summed E-state index contributed by atoms with van der Waals surface area (Å²) < 4.78 is 10.4. The molecular formula is C17H19NO3. The minimum Gasteiger partial charge on any atom is -0.497 e. The molecule has 0 aromatic heterocycles. The van der Waals surface area contributed by atoms with Gasteiger partial charge in [-0.05, 0) is 11.6 Å². The molecule has 4 heteroatoms. The van der Waals surface area contributed by atoms with E-state index in [4.69, 9.17) is 9.47 Å². The van der Waals surface area contributed by atoms with Crippen molar-refractivity contribution >= 4 is 5.91 Å². The first-order valence-corrected chi connectivity index (χ1v) is 6.74. The summed E-state index contributed by atoms with van der Waals surface area (Å²) in [6.45, 7) is 0.526. The van der Waals surface area contributed by atoms with Gasteiger partial charge in [-0.15, -0.1) is 0 Å². The summed E-state index contributed by atoms with van der Waals surface area (Å²) in [5, 5.41) is 2.90. The third-order valence-corrected chi connectivity index (χ3v) is 3.18. The lowest BCUT2D eigenvalue weighted by atomic mass is 10.1. The Hall–Kier alpha value is -2.49. The van der Waals surface area contributed by atoms with Crippen LogP contribution in [0.4, 0.5) is 0 Å². The largest absolute Gasteiger partial charge is 0.497 e. The molecule has 0 aliphatic carbocycles. The van der Waals surface area contributed by atoms with Gasteiger partial charge in [0.15, 0.2) is 0 Å². The molecule has 2 rings (SSSR count). The fraction of sp³-hybridized carbons (Fsp3) is 0.235. The summed E-state index contributed by atoms with van der Waals surface area (Å²) in [7, 11) is 3.18. The van der Waals surface area contributed by atoms with Crippen molar-refractivity contribution in [3.05, 3.63) is 59.7 Å². The lowest BCUT2D eigenvalue weighted by Gasteiger charge is -2.10. The zero-order chi connectivity index (χ0) is 15.1. The second-order valence-corrected chi connectivity index (χ2v) is 4.62. The molecule has 0 unspecified atom stereocenters. The SMILES string of the molecule is COc1ccc(CC(=O)NCc2ccccc2)c(OC)c1. The van der Waals surface area contributed by atoms with E-state index in [9.17, 15) is 4.79 Å². The summed E-state index contributed by atoms with van der Waals surface area (Å²) >= 11 is 0. The topological polar surface area (TPSA) is 47.6 Å². The van der Waals surface area contributed by atoms with Crippen LogP contribution in [0.25, 0.3) is 0 Å². The van der Waals surface area contributed by atoms with E-state index >= 15 is 0 Å². The smallest absolute Gasteiger partial charge is 0.224 e. The summed E-state index contributed by atoms with van der Waals surface area (Å²) in [6.07, 6.45) is 0.278. The molecule has 0 aliphatic rings. The maximum Gasteiger partial charge on any atom is 0.224 e. The van der Waals surface area contributed by atoms with Gasteiger partial charge in [0, 0.05) is 18.2 Å². The van der Waals surface area contributed by atoms with Gasteiger partial charge in [0.1, 0.15) is 11.5 Å². The summed E-state index contributed by atoms with van der Waals surface area (Å²) in [5.41, 5.74) is 1.91. The molecule has 4 nitrogen and oxygen atoms in total. The Morgan fingerprint density at radius 3 is 2.48 bits per heavy atom. The molecule has 0 saturated carbocycles. The number of hydrogen-bond acceptors (Lipinski definition) is 3. The maximum absolute atomic E-state index is 12.0. The average molecular weight is 285 g/mol. The number of hydrogen-bond donors (Lipinski definition) is 1. The van der Waals surface area contributed by atoms with Gasteiger partial charge in [0.05, 0.1) is 20.6 Å².